The van der Waals surface area contributed by atoms with Crippen LogP contribution in [0.4, 0.5) is 28.0 Å². The molecule has 3 aliphatic rings. The van der Waals surface area contributed by atoms with Crippen LogP contribution in [0.2, 0.25) is 0 Å². The van der Waals surface area contributed by atoms with E-state index in [0.29, 0.717) is 42.7 Å². The van der Waals surface area contributed by atoms with E-state index in [-0.39, 0.29) is 23.8 Å². The Labute approximate surface area is 212 Å². The Balaban J connectivity index is 0.000000426. The van der Waals surface area contributed by atoms with Gasteiger partial charge < -0.3 is 30.3 Å². The summed E-state index contributed by atoms with van der Waals surface area (Å²) in [5, 5.41) is 17.7. The van der Waals surface area contributed by atoms with Gasteiger partial charge in [-0.05, 0) is 36.8 Å². The van der Waals surface area contributed by atoms with Crippen molar-refractivity contribution < 1.29 is 46.8 Å². The summed E-state index contributed by atoms with van der Waals surface area (Å²) in [6, 6.07) is 1.14. The Bertz CT molecular complexity index is 1360. The van der Waals surface area contributed by atoms with Gasteiger partial charge in [0, 0.05) is 20.1 Å². The third-order valence-electron chi connectivity index (χ3n) is 6.78. The molecule has 3 heterocycles. The number of carbonyl (C=O) groups is 2. The van der Waals surface area contributed by atoms with Crippen molar-refractivity contribution in [2.24, 2.45) is 23.5 Å². The highest BCUT2D eigenvalue weighted by atomic mass is 19.4. The van der Waals surface area contributed by atoms with Crippen LogP contribution in [0.1, 0.15) is 6.42 Å². The second-order valence-electron chi connectivity index (χ2n) is 9.09. The van der Waals surface area contributed by atoms with Crippen molar-refractivity contribution in [3.05, 3.63) is 40.5 Å². The van der Waals surface area contributed by atoms with Gasteiger partial charge in [0.2, 0.25) is 11.2 Å². The van der Waals surface area contributed by atoms with Gasteiger partial charge in [0.15, 0.2) is 18.3 Å². The van der Waals surface area contributed by atoms with Crippen molar-refractivity contribution in [3.8, 4) is 11.5 Å². The minimum absolute atomic E-state index is 0.00195. The lowest BCUT2D eigenvalue weighted by molar-refractivity contribution is -0.192. The zero-order valence-corrected chi connectivity index (χ0v) is 19.9. The minimum Gasteiger partial charge on any atom is -0.475 e. The van der Waals surface area contributed by atoms with Gasteiger partial charge in [0.05, 0.1) is 11.6 Å². The minimum atomic E-state index is -5.08. The number of alkyl halides is 3. The third kappa shape index (κ3) is 4.92. The molecule has 1 aromatic heterocycles. The number of allylic oxidation sites excluding steroid dienone is 1. The molecule has 0 radical (unpaired) electrons. The number of pyridine rings is 1. The molecular weight excluding hydrogens is 520 g/mol. The second kappa shape index (κ2) is 10.0. The summed E-state index contributed by atoms with van der Waals surface area (Å²) in [5.41, 5.74) is 5.96. The Kier molecular flexibility index (Phi) is 7.14. The molecule has 3 unspecified atom stereocenters. The summed E-state index contributed by atoms with van der Waals surface area (Å²) < 4.78 is 59.3. The fraction of sp³-hybridized carbons (Fsp3) is 0.435. The molecule has 1 aromatic carbocycles. The van der Waals surface area contributed by atoms with Gasteiger partial charge >= 0.3 is 18.3 Å². The predicted molar refractivity (Wildman–Crippen MR) is 126 cm³/mol. The Morgan fingerprint density at radius 3 is 2.55 bits per heavy atom. The zero-order chi connectivity index (χ0) is 27.9. The van der Waals surface area contributed by atoms with Crippen LogP contribution in [0.5, 0.6) is 11.5 Å². The lowest BCUT2D eigenvalue weighted by atomic mass is 9.78. The molecule has 0 spiro atoms. The predicted octanol–water partition coefficient (Wildman–Crippen LogP) is 2.34. The van der Waals surface area contributed by atoms with Crippen LogP contribution < -0.4 is 30.5 Å². The van der Waals surface area contributed by atoms with E-state index in [4.69, 9.17) is 25.5 Å². The molecule has 4 N–H and O–H groups in total. The summed E-state index contributed by atoms with van der Waals surface area (Å²) in [4.78, 5) is 34.7. The number of anilines is 1. The molecule has 3 atom stereocenters. The Morgan fingerprint density at radius 2 is 1.95 bits per heavy atom. The fourth-order valence-corrected chi connectivity index (χ4v) is 5.07. The fourth-order valence-electron chi connectivity index (χ4n) is 5.07. The number of benzene rings is 1. The van der Waals surface area contributed by atoms with E-state index in [1.807, 2.05) is 4.90 Å². The van der Waals surface area contributed by atoms with Crippen molar-refractivity contribution >= 4 is 28.7 Å². The second-order valence-corrected chi connectivity index (χ2v) is 9.09. The number of ether oxygens (including phenoxy) is 2. The zero-order valence-electron chi connectivity index (χ0n) is 19.9. The van der Waals surface area contributed by atoms with Crippen LogP contribution in [0.15, 0.2) is 29.2 Å². The van der Waals surface area contributed by atoms with Gasteiger partial charge in [-0.15, -0.1) is 0 Å². The molecular formula is C23H24F4N4O7. The van der Waals surface area contributed by atoms with Crippen LogP contribution in [0.25, 0.3) is 10.9 Å². The maximum Gasteiger partial charge on any atom is 0.511 e. The first-order valence-electron chi connectivity index (χ1n) is 11.4. The van der Waals surface area contributed by atoms with Crippen LogP contribution in [-0.2, 0) is 4.79 Å². The van der Waals surface area contributed by atoms with E-state index in [2.05, 4.69) is 16.9 Å². The van der Waals surface area contributed by atoms with Crippen LogP contribution in [0.3, 0.4) is 0 Å². The number of hydrogen-bond donors (Lipinski definition) is 3. The number of aliphatic carboxylic acids is 1. The molecule has 1 aliphatic carbocycles. The molecule has 5 rings (SSSR count). The summed E-state index contributed by atoms with van der Waals surface area (Å²) in [5.74, 6) is -2.50. The van der Waals surface area contributed by atoms with Crippen LogP contribution >= 0.6 is 0 Å². The third-order valence-corrected chi connectivity index (χ3v) is 6.78. The van der Waals surface area contributed by atoms with Gasteiger partial charge in [-0.25, -0.2) is 14.0 Å². The number of carboxylic acids is 1. The van der Waals surface area contributed by atoms with E-state index < -0.39 is 35.3 Å². The lowest BCUT2D eigenvalue weighted by Crippen LogP contribution is -2.39. The number of hydrogen-bond acceptors (Lipinski definition) is 8. The van der Waals surface area contributed by atoms with Crippen molar-refractivity contribution in [1.82, 2.24) is 4.68 Å². The van der Waals surface area contributed by atoms with Gasteiger partial charge in [-0.2, -0.15) is 13.2 Å². The van der Waals surface area contributed by atoms with Crippen molar-refractivity contribution in [1.29, 1.82) is 0 Å². The lowest BCUT2D eigenvalue weighted by Gasteiger charge is -2.33. The van der Waals surface area contributed by atoms with Crippen LogP contribution in [0, 0.1) is 23.6 Å². The standard InChI is InChI=1S/C21H23FN4O5.C2HF3O2/c1-24-10-30-20-17-13(19(27)16(9-26(17)24)31-21(28)29)5-15(22)18(20)25-7-12-4-2-3-11(6-23)14(12)8-25;3-2(4,5)1(6)7/h2,4-5,9,11-12,14H,3,6-8,10,23H2,1H3,(H,28,29);(H,6,7). The Hall–Kier alpha value is -4.01. The van der Waals surface area contributed by atoms with E-state index in [1.165, 1.54) is 6.20 Å². The maximum atomic E-state index is 15.4. The average Bonchev–Trinajstić information content (AvgIpc) is 3.27. The highest BCUT2D eigenvalue weighted by molar-refractivity contribution is 5.93. The number of nitrogens with zero attached hydrogens (tertiary/aromatic N) is 3. The normalized spacial score (nSPS) is 21.9. The first-order valence-corrected chi connectivity index (χ1v) is 11.4. The van der Waals surface area contributed by atoms with Gasteiger partial charge in [-0.1, -0.05) is 12.2 Å². The molecule has 206 valence electrons. The molecule has 0 bridgehead atoms. The molecule has 11 nitrogen and oxygen atoms in total. The number of rotatable bonds is 3. The number of aromatic nitrogens is 1. The van der Waals surface area contributed by atoms with E-state index >= 15 is 4.39 Å². The summed E-state index contributed by atoms with van der Waals surface area (Å²) in [6.45, 7) is 1.96. The monoisotopic (exact) mass is 544 g/mol. The first kappa shape index (κ1) is 27.0. The van der Waals surface area contributed by atoms with Crippen molar-refractivity contribution in [2.75, 3.05) is 43.3 Å². The van der Waals surface area contributed by atoms with E-state index in [9.17, 15) is 22.8 Å². The van der Waals surface area contributed by atoms with Crippen molar-refractivity contribution in [2.45, 2.75) is 12.6 Å². The molecule has 2 aliphatic heterocycles. The molecule has 38 heavy (non-hydrogen) atoms. The van der Waals surface area contributed by atoms with E-state index in [1.54, 1.807) is 16.7 Å². The smallest absolute Gasteiger partial charge is 0.475 e. The molecule has 2 aromatic rings. The van der Waals surface area contributed by atoms with Crippen molar-refractivity contribution in [3.63, 3.8) is 0 Å². The first-order chi connectivity index (χ1) is 17.8. The maximum absolute atomic E-state index is 15.4. The average molecular weight is 544 g/mol. The quantitative estimate of drug-likeness (QED) is 0.299. The number of nitrogens with two attached hydrogens (primary N) is 1. The SMILES string of the molecule is CN1COc2c(N3CC4C=CCC(CN)C4C3)c(F)cc3c(=O)c(OC(=O)O)cn1c23.O=C(O)C(F)(F)F. The summed E-state index contributed by atoms with van der Waals surface area (Å²) in [6.07, 6.45) is -0.148. The largest absolute Gasteiger partial charge is 0.511 e. The van der Waals surface area contributed by atoms with E-state index in [0.717, 1.165) is 12.5 Å². The highest BCUT2D eigenvalue weighted by Crippen LogP contribution is 2.45. The number of fused-ring (bicyclic) bond motifs is 1. The summed E-state index contributed by atoms with van der Waals surface area (Å²) in [7, 11) is 1.71. The molecule has 1 fully saturated rings. The van der Waals surface area contributed by atoms with Gasteiger partial charge in [0.25, 0.3) is 0 Å². The molecule has 1 saturated heterocycles. The summed E-state index contributed by atoms with van der Waals surface area (Å²) >= 11 is 0. The Morgan fingerprint density at radius 1 is 1.26 bits per heavy atom. The number of halogens is 4. The number of carboxylic acid groups (broad SMARTS) is 2. The van der Waals surface area contributed by atoms with Gasteiger partial charge in [-0.3, -0.25) is 14.5 Å². The molecule has 0 amide bonds. The highest BCUT2D eigenvalue weighted by Gasteiger charge is 2.40. The molecule has 15 heteroatoms. The molecule has 0 saturated carbocycles. The van der Waals surface area contributed by atoms with Gasteiger partial charge in [0.1, 0.15) is 11.2 Å². The van der Waals surface area contributed by atoms with Crippen LogP contribution in [-0.4, -0.2) is 66.6 Å². The topological polar surface area (TPSA) is 148 Å².